The second-order valence-corrected chi connectivity index (χ2v) is 5.36. The Bertz CT molecular complexity index is 783. The van der Waals surface area contributed by atoms with Crippen molar-refractivity contribution in [1.82, 2.24) is 0 Å². The number of fused-ring (bicyclic) bond motifs is 1. The SMILES string of the molecule is COc1ccc(C2CC(=O)c3c(OC)cc(O)cc3O2)c(OC)c1. The van der Waals surface area contributed by atoms with Crippen LogP contribution in [-0.2, 0) is 0 Å². The molecule has 0 fully saturated rings. The molecule has 126 valence electrons. The quantitative estimate of drug-likeness (QED) is 0.928. The van der Waals surface area contributed by atoms with Gasteiger partial charge in [0.15, 0.2) is 5.78 Å². The molecule has 0 saturated heterocycles. The number of carbonyl (C=O) groups is 1. The summed E-state index contributed by atoms with van der Waals surface area (Å²) in [4.78, 5) is 12.6. The van der Waals surface area contributed by atoms with Crippen LogP contribution in [0, 0.1) is 0 Å². The van der Waals surface area contributed by atoms with Crippen LogP contribution in [0.2, 0.25) is 0 Å². The summed E-state index contributed by atoms with van der Waals surface area (Å²) in [6.07, 6.45) is -0.367. The van der Waals surface area contributed by atoms with Gasteiger partial charge in [0.25, 0.3) is 0 Å². The first kappa shape index (κ1) is 16.0. The van der Waals surface area contributed by atoms with E-state index in [1.165, 1.54) is 19.2 Å². The minimum atomic E-state index is -0.516. The molecule has 1 atom stereocenters. The second-order valence-electron chi connectivity index (χ2n) is 5.36. The molecule has 6 nitrogen and oxygen atoms in total. The molecule has 1 aliphatic heterocycles. The van der Waals surface area contributed by atoms with Crippen molar-refractivity contribution < 1.29 is 28.8 Å². The molecule has 2 aromatic carbocycles. The Labute approximate surface area is 139 Å². The van der Waals surface area contributed by atoms with Gasteiger partial charge in [0.2, 0.25) is 0 Å². The maximum atomic E-state index is 12.6. The van der Waals surface area contributed by atoms with Gasteiger partial charge in [-0.3, -0.25) is 4.79 Å². The molecule has 0 radical (unpaired) electrons. The fraction of sp³-hybridized carbons (Fsp3) is 0.278. The van der Waals surface area contributed by atoms with E-state index >= 15 is 0 Å². The van der Waals surface area contributed by atoms with Gasteiger partial charge < -0.3 is 24.1 Å². The molecular weight excluding hydrogens is 312 g/mol. The van der Waals surface area contributed by atoms with Gasteiger partial charge in [-0.15, -0.1) is 0 Å². The molecule has 1 N–H and O–H groups in total. The monoisotopic (exact) mass is 330 g/mol. The number of benzene rings is 2. The number of phenols is 1. The summed E-state index contributed by atoms with van der Waals surface area (Å²) in [5.74, 6) is 1.68. The third-order valence-corrected chi connectivity index (χ3v) is 3.98. The number of phenolic OH excluding ortho intramolecular Hbond substituents is 1. The predicted octanol–water partition coefficient (Wildman–Crippen LogP) is 3.12. The topological polar surface area (TPSA) is 74.2 Å². The Kier molecular flexibility index (Phi) is 4.20. The zero-order chi connectivity index (χ0) is 17.3. The van der Waals surface area contributed by atoms with Gasteiger partial charge in [-0.2, -0.15) is 0 Å². The molecule has 1 unspecified atom stereocenters. The fourth-order valence-electron chi connectivity index (χ4n) is 2.83. The van der Waals surface area contributed by atoms with Crippen LogP contribution in [0.3, 0.4) is 0 Å². The first-order valence-corrected chi connectivity index (χ1v) is 7.40. The predicted molar refractivity (Wildman–Crippen MR) is 86.5 cm³/mol. The van der Waals surface area contributed by atoms with Gasteiger partial charge >= 0.3 is 0 Å². The van der Waals surface area contributed by atoms with Crippen molar-refractivity contribution in [3.05, 3.63) is 41.5 Å². The number of aromatic hydroxyl groups is 1. The van der Waals surface area contributed by atoms with E-state index in [-0.39, 0.29) is 18.0 Å². The summed E-state index contributed by atoms with van der Waals surface area (Å²) >= 11 is 0. The highest BCUT2D eigenvalue weighted by atomic mass is 16.5. The summed E-state index contributed by atoms with van der Waals surface area (Å²) in [6, 6.07) is 8.14. The Morgan fingerprint density at radius 2 is 1.79 bits per heavy atom. The number of rotatable bonds is 4. The standard InChI is InChI=1S/C18H18O6/c1-21-11-4-5-12(14(8-11)22-2)15-9-13(20)18-16(23-3)6-10(19)7-17(18)24-15/h4-8,15,19H,9H2,1-3H3. The lowest BCUT2D eigenvalue weighted by molar-refractivity contribution is 0.0841. The van der Waals surface area contributed by atoms with Gasteiger partial charge in [0.05, 0.1) is 27.8 Å². The lowest BCUT2D eigenvalue weighted by Gasteiger charge is -2.27. The molecule has 2 aromatic rings. The van der Waals surface area contributed by atoms with E-state index in [0.717, 1.165) is 5.56 Å². The van der Waals surface area contributed by atoms with Crippen LogP contribution in [0.4, 0.5) is 0 Å². The first-order valence-electron chi connectivity index (χ1n) is 7.40. The van der Waals surface area contributed by atoms with Crippen molar-refractivity contribution in [1.29, 1.82) is 0 Å². The summed E-state index contributed by atoms with van der Waals surface area (Å²) in [5.41, 5.74) is 1.08. The largest absolute Gasteiger partial charge is 0.508 e. The molecule has 0 saturated carbocycles. The molecule has 6 heteroatoms. The van der Waals surface area contributed by atoms with Crippen molar-refractivity contribution in [3.8, 4) is 28.7 Å². The summed E-state index contributed by atoms with van der Waals surface area (Å²) in [7, 11) is 4.56. The van der Waals surface area contributed by atoms with Crippen molar-refractivity contribution in [3.63, 3.8) is 0 Å². The van der Waals surface area contributed by atoms with E-state index in [2.05, 4.69) is 0 Å². The Balaban J connectivity index is 2.02. The molecule has 24 heavy (non-hydrogen) atoms. The van der Waals surface area contributed by atoms with E-state index < -0.39 is 6.10 Å². The second kappa shape index (κ2) is 6.31. The number of methoxy groups -OCH3 is 3. The Morgan fingerprint density at radius 1 is 1.04 bits per heavy atom. The molecule has 0 aliphatic carbocycles. The van der Waals surface area contributed by atoms with Crippen molar-refractivity contribution >= 4 is 5.78 Å². The van der Waals surface area contributed by atoms with Crippen LogP contribution in [0.15, 0.2) is 30.3 Å². The van der Waals surface area contributed by atoms with Crippen LogP contribution >= 0.6 is 0 Å². The summed E-state index contributed by atoms with van der Waals surface area (Å²) in [6.45, 7) is 0. The Hall–Kier alpha value is -2.89. The van der Waals surface area contributed by atoms with Gasteiger partial charge in [0, 0.05) is 23.8 Å². The van der Waals surface area contributed by atoms with E-state index in [0.29, 0.717) is 28.6 Å². The highest BCUT2D eigenvalue weighted by Gasteiger charge is 2.32. The summed E-state index contributed by atoms with van der Waals surface area (Å²) in [5, 5.41) is 9.80. The number of ether oxygens (including phenoxy) is 4. The van der Waals surface area contributed by atoms with Crippen LogP contribution in [0.5, 0.6) is 28.7 Å². The number of carbonyl (C=O) groups excluding carboxylic acids is 1. The van der Waals surface area contributed by atoms with Crippen LogP contribution in [0.1, 0.15) is 28.4 Å². The maximum absolute atomic E-state index is 12.6. The van der Waals surface area contributed by atoms with E-state index in [1.807, 2.05) is 0 Å². The average Bonchev–Trinajstić information content (AvgIpc) is 2.59. The maximum Gasteiger partial charge on any atom is 0.174 e. The minimum Gasteiger partial charge on any atom is -0.508 e. The third kappa shape index (κ3) is 2.71. The molecule has 3 rings (SSSR count). The molecular formula is C18H18O6. The number of hydrogen-bond acceptors (Lipinski definition) is 6. The normalized spacial score (nSPS) is 16.1. The lowest BCUT2D eigenvalue weighted by Crippen LogP contribution is -2.21. The van der Waals surface area contributed by atoms with Crippen LogP contribution in [-0.4, -0.2) is 32.2 Å². The number of Topliss-reactive ketones (excluding diaryl/α,β-unsaturated/α-hetero) is 1. The van der Waals surface area contributed by atoms with E-state index in [1.54, 1.807) is 32.4 Å². The molecule has 0 aromatic heterocycles. The van der Waals surface area contributed by atoms with Gasteiger partial charge in [-0.1, -0.05) is 0 Å². The van der Waals surface area contributed by atoms with Crippen molar-refractivity contribution in [2.45, 2.75) is 12.5 Å². The molecule has 1 aliphatic rings. The van der Waals surface area contributed by atoms with Crippen molar-refractivity contribution in [2.75, 3.05) is 21.3 Å². The molecule has 0 spiro atoms. The average molecular weight is 330 g/mol. The van der Waals surface area contributed by atoms with E-state index in [9.17, 15) is 9.90 Å². The number of ketones is 1. The van der Waals surface area contributed by atoms with Gasteiger partial charge in [-0.05, 0) is 12.1 Å². The summed E-state index contributed by atoms with van der Waals surface area (Å²) < 4.78 is 21.7. The van der Waals surface area contributed by atoms with Gasteiger partial charge in [0.1, 0.15) is 40.4 Å². The molecule has 0 amide bonds. The number of hydrogen-bond donors (Lipinski definition) is 1. The first-order chi connectivity index (χ1) is 11.6. The van der Waals surface area contributed by atoms with Crippen LogP contribution in [0.25, 0.3) is 0 Å². The molecule has 0 bridgehead atoms. The highest BCUT2D eigenvalue weighted by Crippen LogP contribution is 2.44. The van der Waals surface area contributed by atoms with Crippen LogP contribution < -0.4 is 18.9 Å². The highest BCUT2D eigenvalue weighted by molar-refractivity contribution is 6.02. The fourth-order valence-corrected chi connectivity index (χ4v) is 2.83. The van der Waals surface area contributed by atoms with Crippen molar-refractivity contribution in [2.24, 2.45) is 0 Å². The van der Waals surface area contributed by atoms with Gasteiger partial charge in [-0.25, -0.2) is 0 Å². The Morgan fingerprint density at radius 3 is 2.46 bits per heavy atom. The smallest absolute Gasteiger partial charge is 0.174 e. The minimum absolute atomic E-state index is 0.0271. The zero-order valence-corrected chi connectivity index (χ0v) is 13.7. The molecule has 1 heterocycles. The lowest BCUT2D eigenvalue weighted by atomic mass is 9.95. The van der Waals surface area contributed by atoms with E-state index in [4.69, 9.17) is 18.9 Å². The third-order valence-electron chi connectivity index (χ3n) is 3.98. The zero-order valence-electron chi connectivity index (χ0n) is 13.7.